The van der Waals surface area contributed by atoms with E-state index in [0.717, 1.165) is 23.4 Å². The van der Waals surface area contributed by atoms with Gasteiger partial charge in [-0.3, -0.25) is 5.01 Å². The van der Waals surface area contributed by atoms with Gasteiger partial charge in [-0.1, -0.05) is 35.9 Å². The summed E-state index contributed by atoms with van der Waals surface area (Å²) in [6, 6.07) is 14.3. The summed E-state index contributed by atoms with van der Waals surface area (Å²) >= 11 is 5.92. The van der Waals surface area contributed by atoms with Gasteiger partial charge < -0.3 is 0 Å². The molecule has 2 aromatic rings. The molecule has 2 aromatic carbocycles. The van der Waals surface area contributed by atoms with Crippen molar-refractivity contribution in [2.24, 2.45) is 5.10 Å². The first-order valence-corrected chi connectivity index (χ1v) is 6.82. The summed E-state index contributed by atoms with van der Waals surface area (Å²) in [6.45, 7) is 0.751. The van der Waals surface area contributed by atoms with Gasteiger partial charge in [-0.25, -0.2) is 4.39 Å². The van der Waals surface area contributed by atoms with E-state index in [1.54, 1.807) is 12.1 Å². The maximum absolute atomic E-state index is 13.4. The van der Waals surface area contributed by atoms with Crippen LogP contribution < -0.4 is 0 Å². The molecule has 2 nitrogen and oxygen atoms in total. The Morgan fingerprint density at radius 1 is 1.20 bits per heavy atom. The largest absolute Gasteiger partial charge is 0.299 e. The highest BCUT2D eigenvalue weighted by Gasteiger charge is 2.27. The highest BCUT2D eigenvalue weighted by Crippen LogP contribution is 2.28. The number of benzene rings is 2. The van der Waals surface area contributed by atoms with E-state index < -0.39 is 0 Å². The topological polar surface area (TPSA) is 15.6 Å². The number of hydrazone groups is 1. The molecule has 0 fully saturated rings. The summed E-state index contributed by atoms with van der Waals surface area (Å²) in [4.78, 5) is 0. The SMILES string of the molecule is CN1CC(c2cccc(F)c2)C(c2ccc(Cl)cc2)=N1. The number of nitrogens with zero attached hydrogens (tertiary/aromatic N) is 2. The lowest BCUT2D eigenvalue weighted by molar-refractivity contribution is 0.381. The molecule has 1 unspecified atom stereocenters. The molecule has 0 radical (unpaired) electrons. The third-order valence-corrected chi connectivity index (χ3v) is 3.70. The van der Waals surface area contributed by atoms with Crippen LogP contribution in [0.1, 0.15) is 17.0 Å². The van der Waals surface area contributed by atoms with Gasteiger partial charge in [0, 0.05) is 24.5 Å². The Morgan fingerprint density at radius 2 is 1.95 bits per heavy atom. The minimum Gasteiger partial charge on any atom is -0.299 e. The van der Waals surface area contributed by atoms with Crippen LogP contribution in [0, 0.1) is 5.82 Å². The van der Waals surface area contributed by atoms with Gasteiger partial charge >= 0.3 is 0 Å². The standard InChI is InChI=1S/C16H14ClFN2/c1-20-10-15(12-3-2-4-14(18)9-12)16(19-20)11-5-7-13(17)8-6-11/h2-9,15H,10H2,1H3. The molecule has 102 valence electrons. The Labute approximate surface area is 122 Å². The summed E-state index contributed by atoms with van der Waals surface area (Å²) in [5.74, 6) is -0.135. The lowest BCUT2D eigenvalue weighted by atomic mass is 9.90. The minimum absolute atomic E-state index is 0.0804. The van der Waals surface area contributed by atoms with Crippen LogP contribution in [0.2, 0.25) is 5.02 Å². The van der Waals surface area contributed by atoms with E-state index in [0.29, 0.717) is 5.02 Å². The van der Waals surface area contributed by atoms with Crippen molar-refractivity contribution in [2.45, 2.75) is 5.92 Å². The summed E-state index contributed by atoms with van der Waals surface area (Å²) in [6.07, 6.45) is 0. The Hall–Kier alpha value is -1.87. The van der Waals surface area contributed by atoms with Crippen molar-refractivity contribution in [1.82, 2.24) is 5.01 Å². The molecule has 0 spiro atoms. The van der Waals surface area contributed by atoms with Crippen molar-refractivity contribution < 1.29 is 4.39 Å². The zero-order chi connectivity index (χ0) is 14.1. The van der Waals surface area contributed by atoms with Gasteiger partial charge in [0.1, 0.15) is 5.82 Å². The fraction of sp³-hybridized carbons (Fsp3) is 0.188. The fourth-order valence-electron chi connectivity index (χ4n) is 2.51. The molecule has 0 amide bonds. The molecule has 0 aliphatic carbocycles. The van der Waals surface area contributed by atoms with E-state index in [4.69, 9.17) is 11.6 Å². The number of likely N-dealkylation sites (N-methyl/N-ethyl adjacent to an activating group) is 1. The van der Waals surface area contributed by atoms with Crippen LogP contribution >= 0.6 is 11.6 Å². The van der Waals surface area contributed by atoms with Crippen LogP contribution in [0.5, 0.6) is 0 Å². The van der Waals surface area contributed by atoms with Crippen LogP contribution in [0.3, 0.4) is 0 Å². The summed E-state index contributed by atoms with van der Waals surface area (Å²) in [7, 11) is 1.93. The fourth-order valence-corrected chi connectivity index (χ4v) is 2.64. The van der Waals surface area contributed by atoms with Gasteiger partial charge in [-0.2, -0.15) is 5.10 Å². The highest BCUT2D eigenvalue weighted by atomic mass is 35.5. The zero-order valence-corrected chi connectivity index (χ0v) is 11.8. The second kappa shape index (κ2) is 5.25. The lowest BCUT2D eigenvalue weighted by Crippen LogP contribution is -2.16. The van der Waals surface area contributed by atoms with E-state index in [2.05, 4.69) is 5.10 Å². The molecule has 0 saturated carbocycles. The first-order valence-electron chi connectivity index (χ1n) is 6.44. The average Bonchev–Trinajstić information content (AvgIpc) is 2.82. The molecule has 1 heterocycles. The third-order valence-electron chi connectivity index (χ3n) is 3.45. The Morgan fingerprint density at radius 3 is 2.65 bits per heavy atom. The first kappa shape index (κ1) is 13.1. The highest BCUT2D eigenvalue weighted by molar-refractivity contribution is 6.30. The number of rotatable bonds is 2. The predicted molar refractivity (Wildman–Crippen MR) is 79.8 cm³/mol. The molecule has 1 atom stereocenters. The molecule has 0 saturated heterocycles. The van der Waals surface area contributed by atoms with E-state index >= 15 is 0 Å². The van der Waals surface area contributed by atoms with Gasteiger partial charge in [-0.15, -0.1) is 0 Å². The smallest absolute Gasteiger partial charge is 0.123 e. The molecule has 20 heavy (non-hydrogen) atoms. The van der Waals surface area contributed by atoms with Crippen molar-refractivity contribution in [3.63, 3.8) is 0 Å². The van der Waals surface area contributed by atoms with Crippen LogP contribution in [0.15, 0.2) is 53.6 Å². The van der Waals surface area contributed by atoms with Crippen LogP contribution in [-0.4, -0.2) is 24.3 Å². The predicted octanol–water partition coefficient (Wildman–Crippen LogP) is 3.91. The second-order valence-electron chi connectivity index (χ2n) is 4.94. The molecule has 0 bridgehead atoms. The second-order valence-corrected chi connectivity index (χ2v) is 5.38. The molecule has 0 N–H and O–H groups in total. The summed E-state index contributed by atoms with van der Waals surface area (Å²) in [5, 5.41) is 7.15. The van der Waals surface area contributed by atoms with Crippen LogP contribution in [0.4, 0.5) is 4.39 Å². The molecular weight excluding hydrogens is 275 g/mol. The molecule has 4 heteroatoms. The third kappa shape index (κ3) is 2.54. The lowest BCUT2D eigenvalue weighted by Gasteiger charge is -2.13. The Balaban J connectivity index is 1.99. The van der Waals surface area contributed by atoms with Gasteiger partial charge in [0.25, 0.3) is 0 Å². The normalized spacial score (nSPS) is 18.2. The first-order chi connectivity index (χ1) is 9.63. The van der Waals surface area contributed by atoms with Gasteiger partial charge in [-0.05, 0) is 35.4 Å². The van der Waals surface area contributed by atoms with Crippen molar-refractivity contribution in [3.05, 3.63) is 70.5 Å². The Bertz CT molecular complexity index is 652. The maximum Gasteiger partial charge on any atom is 0.123 e. The van der Waals surface area contributed by atoms with E-state index in [1.807, 2.05) is 42.4 Å². The van der Waals surface area contributed by atoms with Crippen molar-refractivity contribution >= 4 is 17.3 Å². The van der Waals surface area contributed by atoms with E-state index in [1.165, 1.54) is 6.07 Å². The zero-order valence-electron chi connectivity index (χ0n) is 11.1. The summed E-state index contributed by atoms with van der Waals surface area (Å²) < 4.78 is 13.4. The van der Waals surface area contributed by atoms with Crippen molar-refractivity contribution in [2.75, 3.05) is 13.6 Å². The molecule has 3 rings (SSSR count). The average molecular weight is 289 g/mol. The number of halogens is 2. The van der Waals surface area contributed by atoms with Crippen molar-refractivity contribution in [1.29, 1.82) is 0 Å². The van der Waals surface area contributed by atoms with E-state index in [-0.39, 0.29) is 11.7 Å². The van der Waals surface area contributed by atoms with E-state index in [9.17, 15) is 4.39 Å². The summed E-state index contributed by atoms with van der Waals surface area (Å²) in [5.41, 5.74) is 2.92. The quantitative estimate of drug-likeness (QED) is 0.818. The molecule has 1 aliphatic rings. The monoisotopic (exact) mass is 288 g/mol. The molecular formula is C16H14ClFN2. The van der Waals surface area contributed by atoms with Crippen LogP contribution in [0.25, 0.3) is 0 Å². The maximum atomic E-state index is 13.4. The Kier molecular flexibility index (Phi) is 3.45. The number of hydrogen-bond acceptors (Lipinski definition) is 2. The van der Waals surface area contributed by atoms with Crippen LogP contribution in [-0.2, 0) is 0 Å². The number of hydrogen-bond donors (Lipinski definition) is 0. The van der Waals surface area contributed by atoms with Crippen molar-refractivity contribution in [3.8, 4) is 0 Å². The molecule has 1 aliphatic heterocycles. The minimum atomic E-state index is -0.215. The molecule has 0 aromatic heterocycles. The van der Waals surface area contributed by atoms with Gasteiger partial charge in [0.15, 0.2) is 0 Å². The van der Waals surface area contributed by atoms with Gasteiger partial charge in [0.2, 0.25) is 0 Å². The van der Waals surface area contributed by atoms with Gasteiger partial charge in [0.05, 0.1) is 5.71 Å².